The van der Waals surface area contributed by atoms with E-state index in [1.165, 1.54) is 51.7 Å². The highest BCUT2D eigenvalue weighted by atomic mass is 16.5. The second kappa shape index (κ2) is 5.10. The van der Waals surface area contributed by atoms with Crippen LogP contribution < -0.4 is 0 Å². The Labute approximate surface area is 111 Å². The minimum absolute atomic E-state index is 0.293. The highest BCUT2D eigenvalue weighted by molar-refractivity contribution is 4.98. The zero-order chi connectivity index (χ0) is 12.6. The number of piperidine rings is 1. The van der Waals surface area contributed by atoms with Crippen LogP contribution in [0.2, 0.25) is 0 Å². The summed E-state index contributed by atoms with van der Waals surface area (Å²) in [4.78, 5) is 5.50. The van der Waals surface area contributed by atoms with Gasteiger partial charge in [-0.15, -0.1) is 0 Å². The van der Waals surface area contributed by atoms with E-state index in [1.807, 2.05) is 0 Å². The lowest BCUT2D eigenvalue weighted by atomic mass is 9.87. The number of nitrogens with zero attached hydrogens (tertiary/aromatic N) is 2. The first-order valence-electron chi connectivity index (χ1n) is 7.78. The topological polar surface area (TPSA) is 15.7 Å². The Hall–Kier alpha value is -0.120. The summed E-state index contributed by atoms with van der Waals surface area (Å²) in [5.74, 6) is 0. The number of hydrogen-bond acceptors (Lipinski definition) is 3. The summed E-state index contributed by atoms with van der Waals surface area (Å²) in [6.07, 6.45) is 6.78. The predicted octanol–water partition coefficient (Wildman–Crippen LogP) is 2.11. The van der Waals surface area contributed by atoms with Crippen molar-refractivity contribution in [2.75, 3.05) is 32.8 Å². The van der Waals surface area contributed by atoms with Gasteiger partial charge in [0.05, 0.1) is 6.61 Å². The summed E-state index contributed by atoms with van der Waals surface area (Å²) in [6, 6.07) is 1.50. The largest absolute Gasteiger partial charge is 0.380 e. The fourth-order valence-electron chi connectivity index (χ4n) is 4.25. The zero-order valence-corrected chi connectivity index (χ0v) is 12.0. The molecule has 3 unspecified atom stereocenters. The lowest BCUT2D eigenvalue weighted by Gasteiger charge is -2.54. The molecule has 0 aliphatic carbocycles. The van der Waals surface area contributed by atoms with Crippen molar-refractivity contribution in [3.05, 3.63) is 0 Å². The van der Waals surface area contributed by atoms with Crippen LogP contribution in [0.5, 0.6) is 0 Å². The Morgan fingerprint density at radius 2 is 2.06 bits per heavy atom. The predicted molar refractivity (Wildman–Crippen MR) is 73.8 cm³/mol. The summed E-state index contributed by atoms with van der Waals surface area (Å²) < 4.78 is 5.77. The Morgan fingerprint density at radius 1 is 1.17 bits per heavy atom. The van der Waals surface area contributed by atoms with Crippen LogP contribution in [0, 0.1) is 0 Å². The lowest BCUT2D eigenvalue weighted by molar-refractivity contribution is -0.0959. The van der Waals surface area contributed by atoms with Gasteiger partial charge in [-0.05, 0) is 46.1 Å². The summed E-state index contributed by atoms with van der Waals surface area (Å²) in [6.45, 7) is 10.6. The van der Waals surface area contributed by atoms with Crippen LogP contribution in [-0.2, 0) is 4.74 Å². The third-order valence-electron chi connectivity index (χ3n) is 5.30. The molecule has 3 aliphatic heterocycles. The molecule has 0 spiro atoms. The highest BCUT2D eigenvalue weighted by Crippen LogP contribution is 2.33. The molecule has 3 atom stereocenters. The SMILES string of the molecule is CC1CN2CCCCC2CN1C1(C)CCCOC1. The van der Waals surface area contributed by atoms with E-state index in [0.29, 0.717) is 11.6 Å². The molecule has 104 valence electrons. The Bertz CT molecular complexity index is 288. The number of fused-ring (bicyclic) bond motifs is 1. The molecule has 18 heavy (non-hydrogen) atoms. The van der Waals surface area contributed by atoms with Gasteiger partial charge in [0.15, 0.2) is 0 Å². The van der Waals surface area contributed by atoms with Crippen LogP contribution in [-0.4, -0.2) is 60.3 Å². The third kappa shape index (κ3) is 2.33. The fourth-order valence-corrected chi connectivity index (χ4v) is 4.25. The van der Waals surface area contributed by atoms with Gasteiger partial charge < -0.3 is 4.74 Å². The van der Waals surface area contributed by atoms with Crippen molar-refractivity contribution in [2.45, 2.75) is 63.6 Å². The lowest BCUT2D eigenvalue weighted by Crippen LogP contribution is -2.66. The van der Waals surface area contributed by atoms with Gasteiger partial charge in [-0.25, -0.2) is 0 Å². The van der Waals surface area contributed by atoms with Crippen LogP contribution in [0.25, 0.3) is 0 Å². The maximum absolute atomic E-state index is 5.77. The molecule has 3 aliphatic rings. The molecule has 0 amide bonds. The van der Waals surface area contributed by atoms with Gasteiger partial charge in [-0.3, -0.25) is 9.80 Å². The van der Waals surface area contributed by atoms with Gasteiger partial charge in [-0.1, -0.05) is 6.42 Å². The van der Waals surface area contributed by atoms with Crippen LogP contribution in [0.1, 0.15) is 46.0 Å². The second-order valence-corrected chi connectivity index (χ2v) is 6.80. The standard InChI is InChI=1S/C15H28N2O/c1-13-10-16-8-4-3-6-14(16)11-17(13)15(2)7-5-9-18-12-15/h13-14H,3-12H2,1-2H3. The number of ether oxygens (including phenoxy) is 1. The van der Waals surface area contributed by atoms with E-state index in [-0.39, 0.29) is 0 Å². The van der Waals surface area contributed by atoms with Gasteiger partial charge in [0.1, 0.15) is 0 Å². The summed E-state index contributed by atoms with van der Waals surface area (Å²) in [5, 5.41) is 0. The molecule has 3 heteroatoms. The van der Waals surface area contributed by atoms with Crippen molar-refractivity contribution in [3.8, 4) is 0 Å². The maximum atomic E-state index is 5.77. The summed E-state index contributed by atoms with van der Waals surface area (Å²) >= 11 is 0. The van der Waals surface area contributed by atoms with Gasteiger partial charge in [0.2, 0.25) is 0 Å². The number of rotatable bonds is 1. The van der Waals surface area contributed by atoms with E-state index in [4.69, 9.17) is 4.74 Å². The summed E-state index contributed by atoms with van der Waals surface area (Å²) in [5.41, 5.74) is 0.293. The minimum Gasteiger partial charge on any atom is -0.380 e. The van der Waals surface area contributed by atoms with Crippen LogP contribution >= 0.6 is 0 Å². The van der Waals surface area contributed by atoms with Crippen molar-refractivity contribution in [1.29, 1.82) is 0 Å². The van der Waals surface area contributed by atoms with Gasteiger partial charge in [-0.2, -0.15) is 0 Å². The van der Waals surface area contributed by atoms with E-state index in [2.05, 4.69) is 23.6 Å². The van der Waals surface area contributed by atoms with Crippen LogP contribution in [0.4, 0.5) is 0 Å². The Balaban J connectivity index is 1.71. The van der Waals surface area contributed by atoms with Crippen molar-refractivity contribution < 1.29 is 4.74 Å². The first kappa shape index (κ1) is 12.9. The first-order chi connectivity index (χ1) is 8.69. The van der Waals surface area contributed by atoms with E-state index >= 15 is 0 Å². The minimum atomic E-state index is 0.293. The zero-order valence-electron chi connectivity index (χ0n) is 12.0. The molecule has 3 heterocycles. The Morgan fingerprint density at radius 3 is 2.83 bits per heavy atom. The smallest absolute Gasteiger partial charge is 0.0647 e. The molecular formula is C15H28N2O. The molecule has 3 rings (SSSR count). The molecule has 0 aromatic carbocycles. The normalized spacial score (nSPS) is 43.7. The van der Waals surface area contributed by atoms with Crippen LogP contribution in [0.3, 0.4) is 0 Å². The molecule has 0 radical (unpaired) electrons. The van der Waals surface area contributed by atoms with E-state index in [9.17, 15) is 0 Å². The molecule has 0 N–H and O–H groups in total. The van der Waals surface area contributed by atoms with E-state index in [0.717, 1.165) is 19.3 Å². The first-order valence-corrected chi connectivity index (χ1v) is 7.78. The van der Waals surface area contributed by atoms with E-state index in [1.54, 1.807) is 0 Å². The van der Waals surface area contributed by atoms with Crippen molar-refractivity contribution >= 4 is 0 Å². The van der Waals surface area contributed by atoms with Crippen molar-refractivity contribution in [2.24, 2.45) is 0 Å². The Kier molecular flexibility index (Phi) is 3.65. The second-order valence-electron chi connectivity index (χ2n) is 6.80. The molecule has 3 fully saturated rings. The average Bonchev–Trinajstić information content (AvgIpc) is 2.38. The molecule has 0 saturated carbocycles. The highest BCUT2D eigenvalue weighted by Gasteiger charge is 2.42. The van der Waals surface area contributed by atoms with Gasteiger partial charge >= 0.3 is 0 Å². The molecule has 3 nitrogen and oxygen atoms in total. The number of piperazine rings is 1. The van der Waals surface area contributed by atoms with E-state index < -0.39 is 0 Å². The van der Waals surface area contributed by atoms with Gasteiger partial charge in [0.25, 0.3) is 0 Å². The average molecular weight is 252 g/mol. The van der Waals surface area contributed by atoms with Gasteiger partial charge in [0, 0.05) is 37.3 Å². The number of hydrogen-bond donors (Lipinski definition) is 0. The fraction of sp³-hybridized carbons (Fsp3) is 1.00. The monoisotopic (exact) mass is 252 g/mol. The molecule has 3 saturated heterocycles. The van der Waals surface area contributed by atoms with Crippen LogP contribution in [0.15, 0.2) is 0 Å². The van der Waals surface area contributed by atoms with Crippen molar-refractivity contribution in [1.82, 2.24) is 9.80 Å². The van der Waals surface area contributed by atoms with Crippen molar-refractivity contribution in [3.63, 3.8) is 0 Å². The molecule has 0 aromatic rings. The molecule has 0 bridgehead atoms. The summed E-state index contributed by atoms with van der Waals surface area (Å²) in [7, 11) is 0. The quantitative estimate of drug-likeness (QED) is 0.711. The third-order valence-corrected chi connectivity index (χ3v) is 5.30. The molecule has 0 aromatic heterocycles. The molecular weight excluding hydrogens is 224 g/mol. The maximum Gasteiger partial charge on any atom is 0.0647 e.